The Labute approximate surface area is 203 Å². The molecular weight excluding hydrogens is 430 g/mol. The SMILES string of the molecule is CCCN(CCCCC(=O)Nc1c(C)cccc1C)CC(O)CC(=O)Nc1ccc(OC)cc1. The number of carbonyl (C=O) groups excluding carboxylic acids is 2. The minimum Gasteiger partial charge on any atom is -0.497 e. The molecule has 0 radical (unpaired) electrons. The summed E-state index contributed by atoms with van der Waals surface area (Å²) >= 11 is 0. The van der Waals surface area contributed by atoms with E-state index in [4.69, 9.17) is 4.74 Å². The Morgan fingerprint density at radius 3 is 2.26 bits per heavy atom. The summed E-state index contributed by atoms with van der Waals surface area (Å²) in [6.45, 7) is 8.13. The van der Waals surface area contributed by atoms with E-state index in [0.717, 1.165) is 54.9 Å². The number of nitrogens with zero attached hydrogens (tertiary/aromatic N) is 1. The van der Waals surface area contributed by atoms with Gasteiger partial charge in [-0.2, -0.15) is 0 Å². The van der Waals surface area contributed by atoms with E-state index >= 15 is 0 Å². The molecule has 2 aromatic carbocycles. The molecule has 0 aliphatic heterocycles. The smallest absolute Gasteiger partial charge is 0.227 e. The zero-order chi connectivity index (χ0) is 24.9. The Morgan fingerprint density at radius 2 is 1.65 bits per heavy atom. The third-order valence-corrected chi connectivity index (χ3v) is 5.68. The van der Waals surface area contributed by atoms with Crippen molar-refractivity contribution < 1.29 is 19.4 Å². The lowest BCUT2D eigenvalue weighted by atomic mass is 10.1. The first kappa shape index (κ1) is 27.3. The highest BCUT2D eigenvalue weighted by Gasteiger charge is 2.16. The highest BCUT2D eigenvalue weighted by atomic mass is 16.5. The van der Waals surface area contributed by atoms with Crippen LogP contribution in [-0.2, 0) is 9.59 Å². The molecule has 0 heterocycles. The number of methoxy groups -OCH3 is 1. The molecule has 0 saturated carbocycles. The number of unbranched alkanes of at least 4 members (excludes halogenated alkanes) is 1. The summed E-state index contributed by atoms with van der Waals surface area (Å²) in [6.07, 6.45) is 2.32. The van der Waals surface area contributed by atoms with Gasteiger partial charge in [-0.1, -0.05) is 25.1 Å². The number of para-hydroxylation sites is 1. The van der Waals surface area contributed by atoms with Gasteiger partial charge in [0.2, 0.25) is 11.8 Å². The lowest BCUT2D eigenvalue weighted by Gasteiger charge is -2.24. The van der Waals surface area contributed by atoms with Gasteiger partial charge in [0.05, 0.1) is 19.6 Å². The van der Waals surface area contributed by atoms with Crippen LogP contribution in [0.3, 0.4) is 0 Å². The first-order valence-electron chi connectivity index (χ1n) is 12.0. The van der Waals surface area contributed by atoms with Gasteiger partial charge in [0.25, 0.3) is 0 Å². The number of nitrogens with one attached hydrogen (secondary N) is 2. The van der Waals surface area contributed by atoms with Crippen molar-refractivity contribution in [1.82, 2.24) is 4.90 Å². The Balaban J connectivity index is 1.72. The molecular formula is C27H39N3O4. The van der Waals surface area contributed by atoms with E-state index in [2.05, 4.69) is 22.5 Å². The highest BCUT2D eigenvalue weighted by molar-refractivity contribution is 5.92. The quantitative estimate of drug-likeness (QED) is 0.354. The normalized spacial score (nSPS) is 11.8. The standard InChI is InChI=1S/C27H39N3O4/c1-5-16-30(17-7-6-11-25(32)29-27-20(2)9-8-10-21(27)3)19-23(31)18-26(33)28-22-12-14-24(34-4)15-13-22/h8-10,12-15,23,31H,5-7,11,16-19H2,1-4H3,(H,28,33)(H,29,32). The van der Waals surface area contributed by atoms with Gasteiger partial charge in [-0.25, -0.2) is 0 Å². The summed E-state index contributed by atoms with van der Waals surface area (Å²) in [5.41, 5.74) is 3.69. The Kier molecular flexibility index (Phi) is 11.6. The molecule has 7 heteroatoms. The van der Waals surface area contributed by atoms with Crippen LogP contribution >= 0.6 is 0 Å². The predicted octanol–water partition coefficient (Wildman–Crippen LogP) is 4.52. The first-order valence-corrected chi connectivity index (χ1v) is 12.0. The van der Waals surface area contributed by atoms with Crippen LogP contribution in [0.25, 0.3) is 0 Å². The second kappa shape index (κ2) is 14.4. The van der Waals surface area contributed by atoms with Gasteiger partial charge < -0.3 is 25.4 Å². The van der Waals surface area contributed by atoms with Gasteiger partial charge >= 0.3 is 0 Å². The third-order valence-electron chi connectivity index (χ3n) is 5.68. The van der Waals surface area contributed by atoms with E-state index in [1.165, 1.54) is 0 Å². The number of hydrogen-bond acceptors (Lipinski definition) is 5. The monoisotopic (exact) mass is 469 g/mol. The summed E-state index contributed by atoms with van der Waals surface area (Å²) in [5, 5.41) is 16.3. The summed E-state index contributed by atoms with van der Waals surface area (Å²) in [6, 6.07) is 13.1. The Morgan fingerprint density at radius 1 is 0.971 bits per heavy atom. The van der Waals surface area contributed by atoms with Crippen LogP contribution in [0.4, 0.5) is 11.4 Å². The number of aliphatic hydroxyl groups is 1. The minimum atomic E-state index is -0.753. The molecule has 1 atom stereocenters. The third kappa shape index (κ3) is 9.53. The summed E-state index contributed by atoms with van der Waals surface area (Å²) in [5.74, 6) is 0.517. The Bertz CT molecular complexity index is 894. The lowest BCUT2D eigenvalue weighted by Crippen LogP contribution is -2.36. The molecule has 0 saturated heterocycles. The molecule has 0 fully saturated rings. The molecule has 0 aromatic heterocycles. The fraction of sp³-hybridized carbons (Fsp3) is 0.481. The predicted molar refractivity (Wildman–Crippen MR) is 137 cm³/mol. The maximum Gasteiger partial charge on any atom is 0.227 e. The maximum atomic E-state index is 12.4. The number of anilines is 2. The van der Waals surface area contributed by atoms with Crippen molar-refractivity contribution in [3.8, 4) is 5.75 Å². The Hall–Kier alpha value is -2.90. The summed E-state index contributed by atoms with van der Waals surface area (Å²) < 4.78 is 5.11. The minimum absolute atomic E-state index is 0.0229. The number of rotatable bonds is 14. The second-order valence-electron chi connectivity index (χ2n) is 8.71. The number of hydrogen-bond donors (Lipinski definition) is 3. The van der Waals surface area contributed by atoms with Crippen LogP contribution < -0.4 is 15.4 Å². The van der Waals surface area contributed by atoms with Crippen LogP contribution in [-0.4, -0.2) is 54.7 Å². The molecule has 0 aliphatic rings. The van der Waals surface area contributed by atoms with Crippen LogP contribution in [0, 0.1) is 13.8 Å². The van der Waals surface area contributed by atoms with Crippen molar-refractivity contribution in [2.45, 2.75) is 59.0 Å². The molecule has 0 spiro atoms. The van der Waals surface area contributed by atoms with E-state index < -0.39 is 6.10 Å². The van der Waals surface area contributed by atoms with Gasteiger partial charge in [0, 0.05) is 24.3 Å². The van der Waals surface area contributed by atoms with Crippen molar-refractivity contribution >= 4 is 23.2 Å². The van der Waals surface area contributed by atoms with Crippen LogP contribution in [0.1, 0.15) is 50.2 Å². The van der Waals surface area contributed by atoms with Crippen molar-refractivity contribution in [3.63, 3.8) is 0 Å². The topological polar surface area (TPSA) is 90.9 Å². The number of carbonyl (C=O) groups is 2. The molecule has 2 aromatic rings. The molecule has 2 rings (SSSR count). The fourth-order valence-electron chi connectivity index (χ4n) is 3.91. The molecule has 0 aliphatic carbocycles. The molecule has 3 N–H and O–H groups in total. The van der Waals surface area contributed by atoms with E-state index in [1.54, 1.807) is 31.4 Å². The zero-order valence-corrected chi connectivity index (χ0v) is 20.9. The highest BCUT2D eigenvalue weighted by Crippen LogP contribution is 2.20. The van der Waals surface area contributed by atoms with E-state index in [1.807, 2.05) is 32.0 Å². The summed E-state index contributed by atoms with van der Waals surface area (Å²) in [7, 11) is 1.59. The number of amides is 2. The van der Waals surface area contributed by atoms with Gasteiger partial charge in [-0.05, 0) is 81.6 Å². The van der Waals surface area contributed by atoms with Gasteiger partial charge in [-0.3, -0.25) is 9.59 Å². The summed E-state index contributed by atoms with van der Waals surface area (Å²) in [4.78, 5) is 26.8. The van der Waals surface area contributed by atoms with Crippen LogP contribution in [0.5, 0.6) is 5.75 Å². The molecule has 0 bridgehead atoms. The van der Waals surface area contributed by atoms with Crippen molar-refractivity contribution in [3.05, 3.63) is 53.6 Å². The van der Waals surface area contributed by atoms with Crippen LogP contribution in [0.15, 0.2) is 42.5 Å². The first-order chi connectivity index (χ1) is 16.3. The molecule has 34 heavy (non-hydrogen) atoms. The maximum absolute atomic E-state index is 12.4. The number of aryl methyl sites for hydroxylation is 2. The fourth-order valence-corrected chi connectivity index (χ4v) is 3.91. The molecule has 7 nitrogen and oxygen atoms in total. The molecule has 1 unspecified atom stereocenters. The van der Waals surface area contributed by atoms with E-state index in [-0.39, 0.29) is 18.2 Å². The van der Waals surface area contributed by atoms with Crippen molar-refractivity contribution in [1.29, 1.82) is 0 Å². The number of aliphatic hydroxyl groups excluding tert-OH is 1. The lowest BCUT2D eigenvalue weighted by molar-refractivity contribution is -0.118. The largest absolute Gasteiger partial charge is 0.497 e. The van der Waals surface area contributed by atoms with Gasteiger partial charge in [0.15, 0.2) is 0 Å². The second-order valence-corrected chi connectivity index (χ2v) is 8.71. The van der Waals surface area contributed by atoms with Crippen molar-refractivity contribution in [2.75, 3.05) is 37.4 Å². The van der Waals surface area contributed by atoms with E-state index in [0.29, 0.717) is 18.7 Å². The number of benzene rings is 2. The molecule has 2 amide bonds. The van der Waals surface area contributed by atoms with Gasteiger partial charge in [-0.15, -0.1) is 0 Å². The van der Waals surface area contributed by atoms with Gasteiger partial charge in [0.1, 0.15) is 5.75 Å². The number of ether oxygens (including phenoxy) is 1. The zero-order valence-electron chi connectivity index (χ0n) is 20.9. The van der Waals surface area contributed by atoms with E-state index in [9.17, 15) is 14.7 Å². The average Bonchev–Trinajstić information content (AvgIpc) is 2.79. The van der Waals surface area contributed by atoms with Crippen LogP contribution in [0.2, 0.25) is 0 Å². The molecule has 186 valence electrons. The average molecular weight is 470 g/mol. The van der Waals surface area contributed by atoms with Crippen molar-refractivity contribution in [2.24, 2.45) is 0 Å².